The Morgan fingerprint density at radius 2 is 2.00 bits per heavy atom. The van der Waals surface area contributed by atoms with E-state index in [0.717, 1.165) is 18.5 Å². The summed E-state index contributed by atoms with van der Waals surface area (Å²) in [5, 5.41) is 0. The van der Waals surface area contributed by atoms with Crippen molar-refractivity contribution < 1.29 is 8.42 Å². The minimum Gasteiger partial charge on any atom is -0.329 e. The van der Waals surface area contributed by atoms with Crippen molar-refractivity contribution in [3.05, 3.63) is 29.8 Å². The molecule has 110 valence electrons. The smallest absolute Gasteiger partial charge is 0.178 e. The average molecular weight is 294 g/mol. The van der Waals surface area contributed by atoms with Crippen molar-refractivity contribution in [2.45, 2.75) is 42.7 Å². The molecule has 0 amide bonds. The Hall–Kier alpha value is -0.910. The molecule has 1 saturated heterocycles. The van der Waals surface area contributed by atoms with Gasteiger partial charge < -0.3 is 5.73 Å². The highest BCUT2D eigenvalue weighted by molar-refractivity contribution is 7.91. The molecule has 0 radical (unpaired) electrons. The van der Waals surface area contributed by atoms with Gasteiger partial charge in [-0.05, 0) is 37.4 Å². The van der Waals surface area contributed by atoms with Gasteiger partial charge in [-0.1, -0.05) is 24.6 Å². The maximum Gasteiger partial charge on any atom is 0.178 e. The molecule has 0 aliphatic carbocycles. The molecule has 2 aliphatic heterocycles. The SMILES string of the molecule is NCC1CCCCN1C1CCS(=O)(=O)c2ccccc21. The maximum atomic E-state index is 12.2. The van der Waals surface area contributed by atoms with Crippen LogP contribution in [0, 0.1) is 0 Å². The van der Waals surface area contributed by atoms with E-state index in [-0.39, 0.29) is 11.8 Å². The van der Waals surface area contributed by atoms with Crippen molar-refractivity contribution in [3.8, 4) is 0 Å². The molecule has 4 nitrogen and oxygen atoms in total. The molecule has 2 aliphatic rings. The van der Waals surface area contributed by atoms with Crippen molar-refractivity contribution in [1.82, 2.24) is 4.90 Å². The van der Waals surface area contributed by atoms with Gasteiger partial charge in [0.2, 0.25) is 0 Å². The molecule has 5 heteroatoms. The van der Waals surface area contributed by atoms with Gasteiger partial charge in [0, 0.05) is 18.6 Å². The van der Waals surface area contributed by atoms with Crippen LogP contribution in [0.4, 0.5) is 0 Å². The molecule has 1 aromatic rings. The number of likely N-dealkylation sites (tertiary alicyclic amines) is 1. The first-order chi connectivity index (χ1) is 9.63. The van der Waals surface area contributed by atoms with E-state index in [2.05, 4.69) is 4.90 Å². The van der Waals surface area contributed by atoms with Gasteiger partial charge in [-0.25, -0.2) is 8.42 Å². The Labute approximate surface area is 120 Å². The zero-order chi connectivity index (χ0) is 14.2. The molecular weight excluding hydrogens is 272 g/mol. The molecule has 0 spiro atoms. The van der Waals surface area contributed by atoms with E-state index in [4.69, 9.17) is 5.73 Å². The van der Waals surface area contributed by atoms with Crippen LogP contribution in [0.15, 0.2) is 29.2 Å². The van der Waals surface area contributed by atoms with Crippen LogP contribution in [0.3, 0.4) is 0 Å². The number of benzene rings is 1. The second kappa shape index (κ2) is 5.47. The first-order valence-electron chi connectivity index (χ1n) is 7.41. The van der Waals surface area contributed by atoms with Gasteiger partial charge in [-0.2, -0.15) is 0 Å². The molecule has 0 aromatic heterocycles. The van der Waals surface area contributed by atoms with E-state index in [9.17, 15) is 8.42 Å². The van der Waals surface area contributed by atoms with Crippen LogP contribution in [0.5, 0.6) is 0 Å². The molecule has 2 heterocycles. The van der Waals surface area contributed by atoms with Crippen molar-refractivity contribution in [2.75, 3.05) is 18.8 Å². The summed E-state index contributed by atoms with van der Waals surface area (Å²) in [6.07, 6.45) is 4.23. The van der Waals surface area contributed by atoms with E-state index in [1.807, 2.05) is 18.2 Å². The fraction of sp³-hybridized carbons (Fsp3) is 0.600. The van der Waals surface area contributed by atoms with Crippen LogP contribution < -0.4 is 5.73 Å². The molecule has 0 saturated carbocycles. The van der Waals surface area contributed by atoms with E-state index in [1.54, 1.807) is 6.07 Å². The molecule has 0 bridgehead atoms. The Bertz CT molecular complexity index is 585. The number of nitrogens with zero attached hydrogens (tertiary/aromatic N) is 1. The van der Waals surface area contributed by atoms with Crippen LogP contribution >= 0.6 is 0 Å². The zero-order valence-electron chi connectivity index (χ0n) is 11.7. The van der Waals surface area contributed by atoms with E-state index in [0.29, 0.717) is 23.9 Å². The fourth-order valence-electron chi connectivity index (χ4n) is 3.60. The number of rotatable bonds is 2. The molecular formula is C15H22N2O2S. The standard InChI is InChI=1S/C15H22N2O2S/c16-11-12-5-3-4-9-17(12)14-8-10-20(18,19)15-7-2-1-6-13(14)15/h1-2,6-7,12,14H,3-5,8-11,16H2. The maximum absolute atomic E-state index is 12.2. The second-order valence-electron chi connectivity index (χ2n) is 5.78. The number of hydrogen-bond donors (Lipinski definition) is 1. The predicted molar refractivity (Wildman–Crippen MR) is 79.3 cm³/mol. The van der Waals surface area contributed by atoms with Gasteiger partial charge in [0.05, 0.1) is 10.6 Å². The molecule has 2 unspecified atom stereocenters. The Morgan fingerprint density at radius 3 is 2.80 bits per heavy atom. The predicted octanol–water partition coefficient (Wildman–Crippen LogP) is 1.72. The van der Waals surface area contributed by atoms with Gasteiger partial charge in [-0.3, -0.25) is 4.90 Å². The summed E-state index contributed by atoms with van der Waals surface area (Å²) in [4.78, 5) is 2.97. The molecule has 20 heavy (non-hydrogen) atoms. The topological polar surface area (TPSA) is 63.4 Å². The number of sulfone groups is 1. The molecule has 2 atom stereocenters. The highest BCUT2D eigenvalue weighted by atomic mass is 32.2. The Kier molecular flexibility index (Phi) is 3.84. The third kappa shape index (κ3) is 2.38. The molecule has 1 fully saturated rings. The van der Waals surface area contributed by atoms with Gasteiger partial charge in [0.1, 0.15) is 0 Å². The first kappa shape index (κ1) is 14.0. The summed E-state index contributed by atoms with van der Waals surface area (Å²) < 4.78 is 24.4. The van der Waals surface area contributed by atoms with Gasteiger partial charge >= 0.3 is 0 Å². The summed E-state index contributed by atoms with van der Waals surface area (Å²) >= 11 is 0. The van der Waals surface area contributed by atoms with Crippen LogP contribution in [0.2, 0.25) is 0 Å². The van der Waals surface area contributed by atoms with Gasteiger partial charge in [0.25, 0.3) is 0 Å². The van der Waals surface area contributed by atoms with Crippen LogP contribution in [0.1, 0.15) is 37.3 Å². The number of hydrogen-bond acceptors (Lipinski definition) is 4. The summed E-state index contributed by atoms with van der Waals surface area (Å²) in [5.41, 5.74) is 6.89. The summed E-state index contributed by atoms with van der Waals surface area (Å²) in [7, 11) is -3.10. The second-order valence-corrected chi connectivity index (χ2v) is 7.86. The van der Waals surface area contributed by atoms with Crippen molar-refractivity contribution in [1.29, 1.82) is 0 Å². The van der Waals surface area contributed by atoms with Crippen LogP contribution in [-0.4, -0.2) is 38.2 Å². The van der Waals surface area contributed by atoms with Crippen LogP contribution in [0.25, 0.3) is 0 Å². The lowest BCUT2D eigenvalue weighted by atomic mass is 9.94. The Balaban J connectivity index is 1.99. The van der Waals surface area contributed by atoms with Crippen molar-refractivity contribution >= 4 is 9.84 Å². The van der Waals surface area contributed by atoms with Crippen LogP contribution in [-0.2, 0) is 9.84 Å². The molecule has 3 rings (SSSR count). The van der Waals surface area contributed by atoms with E-state index in [1.165, 1.54) is 12.8 Å². The molecule has 2 N–H and O–H groups in total. The molecule has 1 aromatic carbocycles. The average Bonchev–Trinajstić information content (AvgIpc) is 2.48. The largest absolute Gasteiger partial charge is 0.329 e. The minimum atomic E-state index is -3.10. The number of nitrogens with two attached hydrogens (primary N) is 1. The normalized spacial score (nSPS) is 29.9. The minimum absolute atomic E-state index is 0.212. The fourth-order valence-corrected chi connectivity index (χ4v) is 5.20. The first-order valence-corrected chi connectivity index (χ1v) is 9.06. The van der Waals surface area contributed by atoms with Gasteiger partial charge in [0.15, 0.2) is 9.84 Å². The lowest BCUT2D eigenvalue weighted by molar-refractivity contribution is 0.0936. The summed E-state index contributed by atoms with van der Waals surface area (Å²) in [5.74, 6) is 0.252. The highest BCUT2D eigenvalue weighted by Gasteiger charge is 2.36. The number of piperidine rings is 1. The summed E-state index contributed by atoms with van der Waals surface area (Å²) in [6.45, 7) is 1.69. The van der Waals surface area contributed by atoms with Crippen molar-refractivity contribution in [2.24, 2.45) is 5.73 Å². The monoisotopic (exact) mass is 294 g/mol. The lowest BCUT2D eigenvalue weighted by Gasteiger charge is -2.43. The number of fused-ring (bicyclic) bond motifs is 1. The van der Waals surface area contributed by atoms with E-state index >= 15 is 0 Å². The van der Waals surface area contributed by atoms with E-state index < -0.39 is 9.84 Å². The third-order valence-electron chi connectivity index (χ3n) is 4.62. The third-order valence-corrected chi connectivity index (χ3v) is 6.43. The quantitative estimate of drug-likeness (QED) is 0.902. The lowest BCUT2D eigenvalue weighted by Crippen LogP contribution is -2.47. The zero-order valence-corrected chi connectivity index (χ0v) is 12.5. The Morgan fingerprint density at radius 1 is 1.20 bits per heavy atom. The summed E-state index contributed by atoms with van der Waals surface area (Å²) in [6, 6.07) is 8.08. The highest BCUT2D eigenvalue weighted by Crippen LogP contribution is 2.38. The van der Waals surface area contributed by atoms with Crippen molar-refractivity contribution in [3.63, 3.8) is 0 Å². The van der Waals surface area contributed by atoms with Gasteiger partial charge in [-0.15, -0.1) is 0 Å².